The molecule has 3 amide bonds. The van der Waals surface area contributed by atoms with Crippen LogP contribution in [0.3, 0.4) is 0 Å². The quantitative estimate of drug-likeness (QED) is 0.265. The fraction of sp³-hybridized carbons (Fsp3) is 0.344. The molecular weight excluding hydrogens is 555 g/mol. The number of imide groups is 1. The third kappa shape index (κ3) is 6.18. The number of fused-ring (bicyclic) bond motifs is 1. The van der Waals surface area contributed by atoms with E-state index in [2.05, 4.69) is 15.2 Å². The minimum Gasteiger partial charge on any atom is -0.493 e. The largest absolute Gasteiger partial charge is 0.493 e. The number of morpholine rings is 1. The number of ether oxygens (including phenoxy) is 4. The van der Waals surface area contributed by atoms with E-state index in [1.54, 1.807) is 31.5 Å². The lowest BCUT2D eigenvalue weighted by Crippen LogP contribution is -2.37. The summed E-state index contributed by atoms with van der Waals surface area (Å²) in [7, 11) is 1.55. The van der Waals surface area contributed by atoms with Crippen molar-refractivity contribution in [1.82, 2.24) is 15.2 Å². The molecule has 2 atom stereocenters. The summed E-state index contributed by atoms with van der Waals surface area (Å²) in [5, 5.41) is 3.33. The molecule has 0 bridgehead atoms. The third-order valence-electron chi connectivity index (χ3n) is 7.77. The lowest BCUT2D eigenvalue weighted by molar-refractivity contribution is -0.119. The average Bonchev–Trinajstić information content (AvgIpc) is 3.34. The number of benzene rings is 2. The van der Waals surface area contributed by atoms with Gasteiger partial charge in [-0.3, -0.25) is 14.7 Å². The Balaban J connectivity index is 1.16. The minimum absolute atomic E-state index is 0.0670. The number of pyridine rings is 1. The van der Waals surface area contributed by atoms with Crippen LogP contribution in [0.15, 0.2) is 66.9 Å². The third-order valence-corrected chi connectivity index (χ3v) is 7.77. The first-order valence-electron chi connectivity index (χ1n) is 14.4. The van der Waals surface area contributed by atoms with Crippen molar-refractivity contribution in [2.45, 2.75) is 18.9 Å². The van der Waals surface area contributed by atoms with Gasteiger partial charge in [-0.15, -0.1) is 0 Å². The smallest absolute Gasteiger partial charge is 0.329 e. The Morgan fingerprint density at radius 3 is 2.67 bits per heavy atom. The predicted molar refractivity (Wildman–Crippen MR) is 158 cm³/mol. The van der Waals surface area contributed by atoms with Crippen molar-refractivity contribution in [3.05, 3.63) is 72.7 Å². The van der Waals surface area contributed by atoms with Gasteiger partial charge in [0.2, 0.25) is 0 Å². The Morgan fingerprint density at radius 1 is 1.05 bits per heavy atom. The van der Waals surface area contributed by atoms with Gasteiger partial charge < -0.3 is 24.3 Å². The number of rotatable bonds is 10. The molecular formula is C32H33FN4O6. The van der Waals surface area contributed by atoms with Crippen LogP contribution >= 0.6 is 0 Å². The maximum atomic E-state index is 15.3. The van der Waals surface area contributed by atoms with Gasteiger partial charge in [0.15, 0.2) is 23.1 Å². The van der Waals surface area contributed by atoms with E-state index in [4.69, 9.17) is 18.9 Å². The summed E-state index contributed by atoms with van der Waals surface area (Å²) in [6.45, 7) is 4.81. The Bertz CT molecular complexity index is 1570. The molecule has 1 aliphatic carbocycles. The zero-order valence-corrected chi connectivity index (χ0v) is 23.8. The number of amides is 3. The van der Waals surface area contributed by atoms with E-state index in [1.165, 1.54) is 12.1 Å². The molecule has 224 valence electrons. The van der Waals surface area contributed by atoms with Gasteiger partial charge in [-0.05, 0) is 37.1 Å². The standard InChI is InChI=1S/C32H33FN4O6/c1-40-28-19-23-25(20-29(28)42-15-5-12-36-13-16-41-17-14-36)34-11-10-26(23)43-27-9-8-22(18-24(27)33)37-31(38)30(35-32(37)39)21-6-3-2-4-7-21/h2-4,6,8-11,18-21,30H,5,7,12-17H2,1H3,(H,35,39)/t21?,30-/m0/s1. The van der Waals surface area contributed by atoms with E-state index in [-0.39, 0.29) is 17.4 Å². The zero-order chi connectivity index (χ0) is 29.8. The first-order valence-corrected chi connectivity index (χ1v) is 14.4. The topological polar surface area (TPSA) is 102 Å². The normalized spacial score (nSPS) is 20.5. The highest BCUT2D eigenvalue weighted by Gasteiger charge is 2.42. The second-order valence-electron chi connectivity index (χ2n) is 10.5. The molecule has 3 aromatic rings. The van der Waals surface area contributed by atoms with Crippen LogP contribution in [0.5, 0.6) is 23.0 Å². The summed E-state index contributed by atoms with van der Waals surface area (Å²) in [6, 6.07) is 7.88. The molecule has 1 unspecified atom stereocenters. The van der Waals surface area contributed by atoms with Crippen LogP contribution in [0, 0.1) is 11.7 Å². The summed E-state index contributed by atoms with van der Waals surface area (Å²) in [5.41, 5.74) is 0.720. The van der Waals surface area contributed by atoms with Crippen molar-refractivity contribution < 1.29 is 32.9 Å². The first-order chi connectivity index (χ1) is 21.0. The monoisotopic (exact) mass is 588 g/mol. The van der Waals surface area contributed by atoms with Gasteiger partial charge in [-0.1, -0.05) is 24.3 Å². The number of hydrogen-bond acceptors (Lipinski definition) is 8. The molecule has 2 saturated heterocycles. The molecule has 43 heavy (non-hydrogen) atoms. The van der Waals surface area contributed by atoms with Gasteiger partial charge in [0, 0.05) is 49.3 Å². The summed E-state index contributed by atoms with van der Waals surface area (Å²) >= 11 is 0. The van der Waals surface area contributed by atoms with Crippen molar-refractivity contribution >= 4 is 28.5 Å². The number of urea groups is 1. The van der Waals surface area contributed by atoms with Crippen molar-refractivity contribution in [2.24, 2.45) is 5.92 Å². The van der Waals surface area contributed by atoms with E-state index in [1.807, 2.05) is 24.3 Å². The molecule has 0 spiro atoms. The van der Waals surface area contributed by atoms with Crippen LogP contribution in [0.25, 0.3) is 10.9 Å². The average molecular weight is 589 g/mol. The highest BCUT2D eigenvalue weighted by atomic mass is 19.1. The maximum absolute atomic E-state index is 15.3. The Labute approximate surface area is 248 Å². The van der Waals surface area contributed by atoms with Crippen molar-refractivity contribution in [2.75, 3.05) is 51.5 Å². The number of carbonyl (C=O) groups excluding carboxylic acids is 2. The fourth-order valence-electron chi connectivity index (χ4n) is 5.49. The van der Waals surface area contributed by atoms with E-state index in [9.17, 15) is 9.59 Å². The number of hydrogen-bond donors (Lipinski definition) is 1. The number of carbonyl (C=O) groups is 2. The van der Waals surface area contributed by atoms with E-state index in [0.717, 1.165) is 50.2 Å². The molecule has 3 heterocycles. The van der Waals surface area contributed by atoms with Crippen LogP contribution in [0.1, 0.15) is 12.8 Å². The number of halogens is 1. The summed E-state index contributed by atoms with van der Waals surface area (Å²) in [4.78, 5) is 33.5. The van der Waals surface area contributed by atoms with E-state index >= 15 is 4.39 Å². The van der Waals surface area contributed by atoms with Crippen LogP contribution in [0.4, 0.5) is 14.9 Å². The Hall–Kier alpha value is -4.48. The summed E-state index contributed by atoms with van der Waals surface area (Å²) in [5.74, 6) is 0.0572. The fourth-order valence-corrected chi connectivity index (χ4v) is 5.49. The molecule has 0 saturated carbocycles. The molecule has 1 aromatic heterocycles. The van der Waals surface area contributed by atoms with Gasteiger partial charge in [0.25, 0.3) is 5.91 Å². The number of nitrogens with zero attached hydrogens (tertiary/aromatic N) is 3. The van der Waals surface area contributed by atoms with Crippen molar-refractivity contribution in [1.29, 1.82) is 0 Å². The van der Waals surface area contributed by atoms with Crippen LogP contribution in [0.2, 0.25) is 0 Å². The van der Waals surface area contributed by atoms with Gasteiger partial charge in [0.05, 0.1) is 38.1 Å². The molecule has 0 radical (unpaired) electrons. The lowest BCUT2D eigenvalue weighted by Gasteiger charge is -2.26. The molecule has 1 N–H and O–H groups in total. The predicted octanol–water partition coefficient (Wildman–Crippen LogP) is 4.83. The Morgan fingerprint density at radius 2 is 1.91 bits per heavy atom. The minimum atomic E-state index is -0.723. The second kappa shape index (κ2) is 12.8. The number of methoxy groups -OCH3 is 1. The van der Waals surface area contributed by atoms with E-state index in [0.29, 0.717) is 41.2 Å². The molecule has 6 rings (SSSR count). The van der Waals surface area contributed by atoms with E-state index < -0.39 is 23.8 Å². The lowest BCUT2D eigenvalue weighted by atomic mass is 9.92. The van der Waals surface area contributed by atoms with Gasteiger partial charge >= 0.3 is 6.03 Å². The molecule has 11 heteroatoms. The van der Waals surface area contributed by atoms with Crippen LogP contribution in [-0.4, -0.2) is 74.4 Å². The number of nitrogens with one attached hydrogen (secondary N) is 1. The second-order valence-corrected chi connectivity index (χ2v) is 10.5. The van der Waals surface area contributed by atoms with Crippen molar-refractivity contribution in [3.8, 4) is 23.0 Å². The first kappa shape index (κ1) is 28.6. The highest BCUT2D eigenvalue weighted by Crippen LogP contribution is 2.38. The maximum Gasteiger partial charge on any atom is 0.329 e. The molecule has 2 fully saturated rings. The molecule has 2 aromatic carbocycles. The summed E-state index contributed by atoms with van der Waals surface area (Å²) < 4.78 is 38.3. The highest BCUT2D eigenvalue weighted by molar-refractivity contribution is 6.21. The zero-order valence-electron chi connectivity index (χ0n) is 23.8. The molecule has 2 aliphatic heterocycles. The SMILES string of the molecule is COc1cc2c(Oc3ccc(N4C(=O)N[C@@H](C5C=CC=CC5)C4=O)cc3F)ccnc2cc1OCCCN1CCOCC1. The number of anilines is 1. The van der Waals surface area contributed by atoms with Gasteiger partial charge in [-0.25, -0.2) is 14.1 Å². The Kier molecular flexibility index (Phi) is 8.52. The molecule has 10 nitrogen and oxygen atoms in total. The number of allylic oxidation sites excluding steroid dienone is 3. The molecule has 3 aliphatic rings. The summed E-state index contributed by atoms with van der Waals surface area (Å²) in [6.07, 6.45) is 10.6. The number of aromatic nitrogens is 1. The van der Waals surface area contributed by atoms with Gasteiger partial charge in [-0.2, -0.15) is 0 Å². The van der Waals surface area contributed by atoms with Crippen molar-refractivity contribution in [3.63, 3.8) is 0 Å². The van der Waals surface area contributed by atoms with Gasteiger partial charge in [0.1, 0.15) is 11.8 Å². The van der Waals surface area contributed by atoms with Crippen LogP contribution in [-0.2, 0) is 9.53 Å². The van der Waals surface area contributed by atoms with Crippen LogP contribution < -0.4 is 24.4 Å².